The summed E-state index contributed by atoms with van der Waals surface area (Å²) in [5.74, 6) is -0.223. The van der Waals surface area contributed by atoms with Gasteiger partial charge in [-0.05, 0) is 56.7 Å². The van der Waals surface area contributed by atoms with Gasteiger partial charge in [-0.15, -0.1) is 0 Å². The van der Waals surface area contributed by atoms with E-state index in [0.29, 0.717) is 17.8 Å². The number of hydrogen-bond donors (Lipinski definition) is 2. The van der Waals surface area contributed by atoms with Crippen LogP contribution < -0.4 is 10.6 Å². The van der Waals surface area contributed by atoms with Crippen molar-refractivity contribution >= 4 is 17.7 Å². The summed E-state index contributed by atoms with van der Waals surface area (Å²) in [4.78, 5) is 27.9. The smallest absolute Gasteiger partial charge is 0.412 e. The summed E-state index contributed by atoms with van der Waals surface area (Å²) in [7, 11) is 0. The maximum Gasteiger partial charge on any atom is 0.412 e. The van der Waals surface area contributed by atoms with Crippen molar-refractivity contribution in [2.24, 2.45) is 0 Å². The minimum Gasteiger partial charge on any atom is -0.444 e. The molecule has 24 heavy (non-hydrogen) atoms. The van der Waals surface area contributed by atoms with Crippen LogP contribution in [0, 0.1) is 0 Å². The Kier molecular flexibility index (Phi) is 5.52. The summed E-state index contributed by atoms with van der Waals surface area (Å²) in [6, 6.07) is 10.4. The fourth-order valence-corrected chi connectivity index (χ4v) is 1.94. The third-order valence-corrected chi connectivity index (χ3v) is 2.97. The van der Waals surface area contributed by atoms with Gasteiger partial charge in [0.1, 0.15) is 5.60 Å². The van der Waals surface area contributed by atoms with Gasteiger partial charge >= 0.3 is 6.09 Å². The van der Waals surface area contributed by atoms with E-state index in [2.05, 4.69) is 15.6 Å². The first-order valence-electron chi connectivity index (χ1n) is 7.61. The first-order valence-corrected chi connectivity index (χ1v) is 7.61. The van der Waals surface area contributed by atoms with Crippen molar-refractivity contribution in [3.8, 4) is 0 Å². The van der Waals surface area contributed by atoms with Gasteiger partial charge in [0.25, 0.3) is 5.91 Å². The van der Waals surface area contributed by atoms with Gasteiger partial charge in [-0.2, -0.15) is 0 Å². The Morgan fingerprint density at radius 3 is 2.50 bits per heavy atom. The zero-order valence-corrected chi connectivity index (χ0v) is 14.0. The van der Waals surface area contributed by atoms with Gasteiger partial charge in [0.2, 0.25) is 0 Å². The highest BCUT2D eigenvalue weighted by molar-refractivity contribution is 5.96. The number of pyridine rings is 1. The number of benzene rings is 1. The van der Waals surface area contributed by atoms with Gasteiger partial charge in [-0.3, -0.25) is 15.1 Å². The molecule has 0 spiro atoms. The number of rotatable bonds is 4. The van der Waals surface area contributed by atoms with Crippen LogP contribution in [-0.4, -0.2) is 22.6 Å². The maximum absolute atomic E-state index is 12.2. The summed E-state index contributed by atoms with van der Waals surface area (Å²) < 4.78 is 5.19. The zero-order valence-electron chi connectivity index (χ0n) is 14.0. The average molecular weight is 327 g/mol. The molecular weight excluding hydrogens is 306 g/mol. The molecule has 0 aliphatic carbocycles. The van der Waals surface area contributed by atoms with Gasteiger partial charge in [0, 0.05) is 30.2 Å². The Morgan fingerprint density at radius 2 is 1.83 bits per heavy atom. The summed E-state index contributed by atoms with van der Waals surface area (Å²) in [6.45, 7) is 5.77. The first kappa shape index (κ1) is 17.5. The first-order chi connectivity index (χ1) is 11.3. The number of carbonyl (C=O) groups excluding carboxylic acids is 2. The maximum atomic E-state index is 12.2. The lowest BCUT2D eigenvalue weighted by molar-refractivity contribution is 0.0635. The van der Waals surface area contributed by atoms with Crippen molar-refractivity contribution in [3.05, 3.63) is 59.9 Å². The molecule has 0 aliphatic heterocycles. The molecule has 0 saturated carbocycles. The van der Waals surface area contributed by atoms with Crippen LogP contribution in [0.1, 0.15) is 36.7 Å². The fraction of sp³-hybridized carbons (Fsp3) is 0.278. The largest absolute Gasteiger partial charge is 0.444 e. The molecule has 1 heterocycles. The van der Waals surface area contributed by atoms with Crippen LogP contribution in [-0.2, 0) is 11.3 Å². The molecule has 1 aromatic carbocycles. The van der Waals surface area contributed by atoms with E-state index in [1.165, 1.54) is 0 Å². The van der Waals surface area contributed by atoms with Gasteiger partial charge in [0.05, 0.1) is 0 Å². The summed E-state index contributed by atoms with van der Waals surface area (Å²) >= 11 is 0. The lowest BCUT2D eigenvalue weighted by Crippen LogP contribution is -2.27. The number of anilines is 1. The predicted octanol–water partition coefficient (Wildman–Crippen LogP) is 3.36. The highest BCUT2D eigenvalue weighted by atomic mass is 16.6. The molecular formula is C18H21N3O3. The van der Waals surface area contributed by atoms with Crippen molar-refractivity contribution in [1.29, 1.82) is 0 Å². The molecule has 0 atom stereocenters. The van der Waals surface area contributed by atoms with Gasteiger partial charge in [0.15, 0.2) is 0 Å². The molecule has 0 aliphatic rings. The van der Waals surface area contributed by atoms with Crippen molar-refractivity contribution in [1.82, 2.24) is 10.3 Å². The summed E-state index contributed by atoms with van der Waals surface area (Å²) in [6.07, 6.45) is 2.79. The lowest BCUT2D eigenvalue weighted by Gasteiger charge is -2.19. The van der Waals surface area contributed by atoms with Crippen LogP contribution >= 0.6 is 0 Å². The number of nitrogens with one attached hydrogen (secondary N) is 2. The van der Waals surface area contributed by atoms with E-state index in [-0.39, 0.29) is 5.91 Å². The molecule has 1 aromatic heterocycles. The van der Waals surface area contributed by atoms with E-state index < -0.39 is 11.7 Å². The highest BCUT2D eigenvalue weighted by Gasteiger charge is 2.16. The number of aromatic nitrogens is 1. The molecule has 0 saturated heterocycles. The van der Waals surface area contributed by atoms with E-state index in [4.69, 9.17) is 4.74 Å². The molecule has 2 amide bonds. The van der Waals surface area contributed by atoms with Gasteiger partial charge < -0.3 is 10.1 Å². The standard InChI is InChI=1S/C18H21N3O3/c1-18(2,3)24-17(23)21-15-6-4-5-14(11-15)16(22)20-12-13-7-9-19-10-8-13/h4-11H,12H2,1-3H3,(H,20,22)(H,21,23). The molecule has 0 radical (unpaired) electrons. The number of carbonyl (C=O) groups is 2. The number of ether oxygens (including phenoxy) is 1. The summed E-state index contributed by atoms with van der Waals surface area (Å²) in [5, 5.41) is 5.44. The number of nitrogens with zero attached hydrogens (tertiary/aromatic N) is 1. The Bertz CT molecular complexity index is 709. The topological polar surface area (TPSA) is 80.3 Å². The second kappa shape index (κ2) is 7.59. The second-order valence-electron chi connectivity index (χ2n) is 6.25. The summed E-state index contributed by atoms with van der Waals surface area (Å²) in [5.41, 5.74) is 1.34. The van der Waals surface area contributed by atoms with E-state index in [9.17, 15) is 9.59 Å². The van der Waals surface area contributed by atoms with Crippen molar-refractivity contribution in [2.45, 2.75) is 32.9 Å². The molecule has 126 valence electrons. The minimum absolute atomic E-state index is 0.223. The lowest BCUT2D eigenvalue weighted by atomic mass is 10.2. The molecule has 2 N–H and O–H groups in total. The molecule has 2 rings (SSSR count). The normalized spacial score (nSPS) is 10.8. The average Bonchev–Trinajstić information content (AvgIpc) is 2.52. The van der Waals surface area contributed by atoms with E-state index >= 15 is 0 Å². The Morgan fingerprint density at radius 1 is 1.12 bits per heavy atom. The zero-order chi connectivity index (χ0) is 17.6. The van der Waals surface area contributed by atoms with Gasteiger partial charge in [-0.25, -0.2) is 4.79 Å². The van der Waals surface area contributed by atoms with E-state index in [0.717, 1.165) is 5.56 Å². The number of hydrogen-bond acceptors (Lipinski definition) is 4. The molecule has 2 aromatic rings. The highest BCUT2D eigenvalue weighted by Crippen LogP contribution is 2.14. The van der Waals surface area contributed by atoms with Crippen molar-refractivity contribution < 1.29 is 14.3 Å². The third-order valence-electron chi connectivity index (χ3n) is 2.97. The van der Waals surface area contributed by atoms with Crippen LogP contribution in [0.2, 0.25) is 0 Å². The molecule has 0 fully saturated rings. The van der Waals surface area contributed by atoms with Crippen LogP contribution in [0.4, 0.5) is 10.5 Å². The van der Waals surface area contributed by atoms with Crippen LogP contribution in [0.25, 0.3) is 0 Å². The SMILES string of the molecule is CC(C)(C)OC(=O)Nc1cccc(C(=O)NCc2ccncc2)c1. The molecule has 6 heteroatoms. The Hall–Kier alpha value is -2.89. The monoisotopic (exact) mass is 327 g/mol. The predicted molar refractivity (Wildman–Crippen MR) is 91.7 cm³/mol. The minimum atomic E-state index is -0.580. The van der Waals surface area contributed by atoms with Crippen molar-refractivity contribution in [2.75, 3.05) is 5.32 Å². The van der Waals surface area contributed by atoms with E-state index in [1.807, 2.05) is 12.1 Å². The van der Waals surface area contributed by atoms with Crippen LogP contribution in [0.15, 0.2) is 48.8 Å². The molecule has 0 unspecified atom stereocenters. The second-order valence-corrected chi connectivity index (χ2v) is 6.25. The molecule has 0 bridgehead atoms. The Balaban J connectivity index is 1.96. The Labute approximate surface area is 141 Å². The van der Waals surface area contributed by atoms with Crippen molar-refractivity contribution in [3.63, 3.8) is 0 Å². The fourth-order valence-electron chi connectivity index (χ4n) is 1.94. The van der Waals surface area contributed by atoms with Crippen LogP contribution in [0.5, 0.6) is 0 Å². The molecule has 6 nitrogen and oxygen atoms in total. The van der Waals surface area contributed by atoms with Crippen LogP contribution in [0.3, 0.4) is 0 Å². The van der Waals surface area contributed by atoms with Gasteiger partial charge in [-0.1, -0.05) is 6.07 Å². The van der Waals surface area contributed by atoms with E-state index in [1.54, 1.807) is 57.4 Å². The quantitative estimate of drug-likeness (QED) is 0.902. The third kappa shape index (κ3) is 5.72. The number of amides is 2.